The predicted octanol–water partition coefficient (Wildman–Crippen LogP) is 9.21. The Labute approximate surface area is 203 Å². The van der Waals surface area contributed by atoms with Crippen LogP contribution in [0.1, 0.15) is 44.2 Å². The topological polar surface area (TPSA) is 12.0 Å². The molecular weight excluding hydrogens is 422 g/mol. The van der Waals surface area contributed by atoms with E-state index in [1.165, 1.54) is 27.5 Å². The van der Waals surface area contributed by atoms with Gasteiger partial charge in [-0.25, -0.2) is 0 Å². The molecule has 0 amide bonds. The first kappa shape index (κ1) is 23.1. The van der Waals surface area contributed by atoms with E-state index >= 15 is 0 Å². The van der Waals surface area contributed by atoms with Gasteiger partial charge in [0.25, 0.3) is 0 Å². The summed E-state index contributed by atoms with van der Waals surface area (Å²) in [6, 6.07) is 23.2. The SMILES string of the molecule is C=C(/C=C/C1=C(Cl)C(=C/Nc2ccccc2)/CCC1)C(C)(C)c1c(C)ccc2ccccc12. The zero-order valence-electron chi connectivity index (χ0n) is 19.8. The van der Waals surface area contributed by atoms with Gasteiger partial charge in [-0.1, -0.05) is 98.8 Å². The lowest BCUT2D eigenvalue weighted by atomic mass is 9.74. The Bertz CT molecular complexity index is 1260. The van der Waals surface area contributed by atoms with E-state index < -0.39 is 0 Å². The van der Waals surface area contributed by atoms with Crippen LogP contribution in [0.25, 0.3) is 10.8 Å². The molecule has 1 aliphatic carbocycles. The highest BCUT2D eigenvalue weighted by Crippen LogP contribution is 2.39. The van der Waals surface area contributed by atoms with Crippen molar-refractivity contribution in [1.29, 1.82) is 0 Å². The molecule has 1 nitrogen and oxygen atoms in total. The molecule has 0 spiro atoms. The van der Waals surface area contributed by atoms with Crippen molar-refractivity contribution in [3.8, 4) is 0 Å². The minimum Gasteiger partial charge on any atom is -0.361 e. The molecule has 0 radical (unpaired) electrons. The Kier molecular flexibility index (Phi) is 6.91. The van der Waals surface area contributed by atoms with Crippen LogP contribution in [0.5, 0.6) is 0 Å². The molecule has 3 aromatic carbocycles. The minimum atomic E-state index is -0.198. The summed E-state index contributed by atoms with van der Waals surface area (Å²) in [5.41, 5.74) is 6.91. The van der Waals surface area contributed by atoms with Crippen molar-refractivity contribution in [2.24, 2.45) is 0 Å². The maximum absolute atomic E-state index is 6.82. The van der Waals surface area contributed by atoms with Gasteiger partial charge in [0, 0.05) is 22.3 Å². The summed E-state index contributed by atoms with van der Waals surface area (Å²) >= 11 is 6.82. The average Bonchev–Trinajstić information content (AvgIpc) is 2.82. The van der Waals surface area contributed by atoms with E-state index in [4.69, 9.17) is 11.6 Å². The first-order valence-electron chi connectivity index (χ1n) is 11.6. The number of fused-ring (bicyclic) bond motifs is 1. The highest BCUT2D eigenvalue weighted by molar-refractivity contribution is 6.32. The number of allylic oxidation sites excluding steroid dienone is 6. The number of rotatable bonds is 6. The molecule has 2 heteroatoms. The highest BCUT2D eigenvalue weighted by atomic mass is 35.5. The molecule has 168 valence electrons. The minimum absolute atomic E-state index is 0.198. The van der Waals surface area contributed by atoms with Crippen LogP contribution in [-0.2, 0) is 5.41 Å². The van der Waals surface area contributed by atoms with Crippen LogP contribution in [-0.4, -0.2) is 0 Å². The van der Waals surface area contributed by atoms with Crippen molar-refractivity contribution < 1.29 is 0 Å². The number of aryl methyl sites for hydroxylation is 1. The first-order valence-corrected chi connectivity index (χ1v) is 12.0. The van der Waals surface area contributed by atoms with Crippen LogP contribution in [0.4, 0.5) is 5.69 Å². The van der Waals surface area contributed by atoms with Crippen molar-refractivity contribution in [3.63, 3.8) is 0 Å². The third-order valence-electron chi connectivity index (χ3n) is 6.69. The van der Waals surface area contributed by atoms with E-state index in [2.05, 4.69) is 93.3 Å². The lowest BCUT2D eigenvalue weighted by Gasteiger charge is -2.30. The summed E-state index contributed by atoms with van der Waals surface area (Å²) in [5, 5.41) is 6.79. The Morgan fingerprint density at radius 3 is 2.48 bits per heavy atom. The summed E-state index contributed by atoms with van der Waals surface area (Å²) in [7, 11) is 0. The quantitative estimate of drug-likeness (QED) is 0.366. The normalized spacial score (nSPS) is 16.1. The Morgan fingerprint density at radius 2 is 1.70 bits per heavy atom. The van der Waals surface area contributed by atoms with Gasteiger partial charge in [-0.3, -0.25) is 0 Å². The summed E-state index contributed by atoms with van der Waals surface area (Å²) in [4.78, 5) is 0. The number of para-hydroxylation sites is 1. The molecule has 0 saturated carbocycles. The van der Waals surface area contributed by atoms with Crippen LogP contribution in [0.2, 0.25) is 0 Å². The Morgan fingerprint density at radius 1 is 0.970 bits per heavy atom. The molecule has 4 rings (SSSR count). The summed E-state index contributed by atoms with van der Waals surface area (Å²) < 4.78 is 0. The smallest absolute Gasteiger partial charge is 0.0484 e. The molecule has 3 aromatic rings. The number of hydrogen-bond acceptors (Lipinski definition) is 1. The lowest BCUT2D eigenvalue weighted by Crippen LogP contribution is -2.20. The van der Waals surface area contributed by atoms with E-state index in [-0.39, 0.29) is 5.41 Å². The number of hydrogen-bond donors (Lipinski definition) is 1. The van der Waals surface area contributed by atoms with Crippen molar-refractivity contribution in [1.82, 2.24) is 0 Å². The summed E-state index contributed by atoms with van der Waals surface area (Å²) in [5.74, 6) is 0. The molecule has 0 aromatic heterocycles. The highest BCUT2D eigenvalue weighted by Gasteiger charge is 2.27. The third-order valence-corrected chi connectivity index (χ3v) is 7.18. The maximum Gasteiger partial charge on any atom is 0.0484 e. The Balaban J connectivity index is 1.59. The van der Waals surface area contributed by atoms with Crippen LogP contribution in [0.15, 0.2) is 113 Å². The molecule has 33 heavy (non-hydrogen) atoms. The monoisotopic (exact) mass is 453 g/mol. The molecule has 0 saturated heterocycles. The second kappa shape index (κ2) is 9.85. The van der Waals surface area contributed by atoms with Gasteiger partial charge < -0.3 is 5.32 Å². The molecule has 1 aliphatic rings. The van der Waals surface area contributed by atoms with Gasteiger partial charge in [0.15, 0.2) is 0 Å². The van der Waals surface area contributed by atoms with E-state index in [1.54, 1.807) is 0 Å². The van der Waals surface area contributed by atoms with Gasteiger partial charge in [0.2, 0.25) is 0 Å². The van der Waals surface area contributed by atoms with Gasteiger partial charge in [-0.15, -0.1) is 0 Å². The van der Waals surface area contributed by atoms with Gasteiger partial charge in [-0.2, -0.15) is 0 Å². The molecule has 1 N–H and O–H groups in total. The van der Waals surface area contributed by atoms with Crippen molar-refractivity contribution in [3.05, 3.63) is 125 Å². The molecule has 0 atom stereocenters. The number of benzene rings is 3. The van der Waals surface area contributed by atoms with E-state index in [9.17, 15) is 0 Å². The van der Waals surface area contributed by atoms with E-state index in [0.29, 0.717) is 0 Å². The average molecular weight is 454 g/mol. The molecule has 0 unspecified atom stereocenters. The number of halogens is 1. The van der Waals surface area contributed by atoms with Crippen LogP contribution >= 0.6 is 11.6 Å². The third kappa shape index (κ3) is 4.99. The molecule has 0 heterocycles. The van der Waals surface area contributed by atoms with Crippen molar-refractivity contribution in [2.75, 3.05) is 5.32 Å². The molecule has 0 bridgehead atoms. The molecule has 0 aliphatic heterocycles. The predicted molar refractivity (Wildman–Crippen MR) is 145 cm³/mol. The van der Waals surface area contributed by atoms with Gasteiger partial charge in [0.1, 0.15) is 0 Å². The van der Waals surface area contributed by atoms with Gasteiger partial charge in [-0.05, 0) is 76.9 Å². The standard InChI is InChI=1S/C31H32ClN/c1-22-17-19-24-11-8-9-16-28(24)29(22)31(3,4)23(2)18-20-25-12-10-13-26(30(25)32)21-33-27-14-6-5-7-15-27/h5-9,11,14-21,33H,2,10,12-13H2,1,3-4H3/b20-18+,26-21+. The van der Waals surface area contributed by atoms with E-state index in [0.717, 1.165) is 41.1 Å². The molecule has 0 fully saturated rings. The zero-order chi connectivity index (χ0) is 23.4. The van der Waals surface area contributed by atoms with Crippen LogP contribution in [0, 0.1) is 6.92 Å². The fourth-order valence-electron chi connectivity index (χ4n) is 4.67. The second-order valence-corrected chi connectivity index (χ2v) is 9.71. The largest absolute Gasteiger partial charge is 0.361 e. The summed E-state index contributed by atoms with van der Waals surface area (Å²) in [6.07, 6.45) is 9.44. The first-order chi connectivity index (χ1) is 15.9. The van der Waals surface area contributed by atoms with E-state index in [1.807, 2.05) is 24.4 Å². The van der Waals surface area contributed by atoms with Crippen molar-refractivity contribution >= 4 is 28.1 Å². The molecular formula is C31H32ClN. The second-order valence-electron chi connectivity index (χ2n) is 9.33. The van der Waals surface area contributed by atoms with Gasteiger partial charge in [0.05, 0.1) is 0 Å². The van der Waals surface area contributed by atoms with Gasteiger partial charge >= 0.3 is 0 Å². The number of nitrogens with one attached hydrogen (secondary N) is 1. The van der Waals surface area contributed by atoms with Crippen LogP contribution in [0.3, 0.4) is 0 Å². The zero-order valence-corrected chi connectivity index (χ0v) is 20.5. The fraction of sp³-hybridized carbons (Fsp3) is 0.226. The summed E-state index contributed by atoms with van der Waals surface area (Å²) in [6.45, 7) is 11.2. The maximum atomic E-state index is 6.82. The van der Waals surface area contributed by atoms with Crippen LogP contribution < -0.4 is 5.32 Å². The number of anilines is 1. The fourth-order valence-corrected chi connectivity index (χ4v) is 4.98. The van der Waals surface area contributed by atoms with Crippen molar-refractivity contribution in [2.45, 2.75) is 45.4 Å². The Hall–Kier alpha value is -3.03. The lowest BCUT2D eigenvalue weighted by molar-refractivity contribution is 0.643.